The first-order chi connectivity index (χ1) is 13.6. The van der Waals surface area contributed by atoms with Gasteiger partial charge in [0.05, 0.1) is 5.56 Å². The minimum atomic E-state index is -0.408. The second kappa shape index (κ2) is 12.3. The minimum absolute atomic E-state index is 0.0113. The molecule has 1 unspecified atom stereocenters. The summed E-state index contributed by atoms with van der Waals surface area (Å²) in [5.74, 6) is 0.295. The first-order valence-corrected chi connectivity index (χ1v) is 12.1. The second-order valence-corrected chi connectivity index (χ2v) is 9.35. The van der Waals surface area contributed by atoms with Crippen LogP contribution >= 0.6 is 11.3 Å². The number of hydrogen-bond donors (Lipinski definition) is 2. The van der Waals surface area contributed by atoms with Crippen LogP contribution in [0.4, 0.5) is 5.00 Å². The molecule has 0 fully saturated rings. The van der Waals surface area contributed by atoms with E-state index < -0.39 is 5.91 Å². The van der Waals surface area contributed by atoms with Gasteiger partial charge in [-0.25, -0.2) is 0 Å². The zero-order valence-electron chi connectivity index (χ0n) is 17.8. The van der Waals surface area contributed by atoms with Gasteiger partial charge in [-0.3, -0.25) is 9.59 Å². The molecule has 0 aromatic carbocycles. The molecule has 1 aromatic heterocycles. The smallest absolute Gasteiger partial charge is 0.251 e. The molecule has 0 spiro atoms. The van der Waals surface area contributed by atoms with Crippen LogP contribution in [-0.2, 0) is 17.6 Å². The molecular weight excluding hydrogens is 368 g/mol. The van der Waals surface area contributed by atoms with E-state index in [0.717, 1.165) is 37.7 Å². The number of nitrogens with one attached hydrogen (secondary N) is 1. The fourth-order valence-electron chi connectivity index (χ4n) is 4.27. The number of primary amides is 1. The Hall–Kier alpha value is -1.36. The third kappa shape index (κ3) is 6.91. The molecular formula is C23H38N2O2S. The summed E-state index contributed by atoms with van der Waals surface area (Å²) in [6.45, 7) is 4.45. The zero-order valence-corrected chi connectivity index (χ0v) is 18.6. The third-order valence-electron chi connectivity index (χ3n) is 5.82. The Bertz CT molecular complexity index is 639. The largest absolute Gasteiger partial charge is 0.365 e. The standard InChI is InChI=1S/C23H38N2O2S/c1-3-5-6-7-8-9-10-11-13-20(26)25-23-21(22(24)27)18-15-14-17(12-4-2)16-19(18)28-23/h17H,3-16H2,1-2H3,(H2,24,27)(H,25,26). The van der Waals surface area contributed by atoms with Crippen molar-refractivity contribution < 1.29 is 9.59 Å². The number of amides is 2. The Morgan fingerprint density at radius 1 is 1.04 bits per heavy atom. The van der Waals surface area contributed by atoms with Gasteiger partial charge in [-0.2, -0.15) is 0 Å². The van der Waals surface area contributed by atoms with Gasteiger partial charge in [-0.1, -0.05) is 71.6 Å². The Labute approximate surface area is 174 Å². The van der Waals surface area contributed by atoms with E-state index in [9.17, 15) is 9.59 Å². The maximum absolute atomic E-state index is 12.4. The van der Waals surface area contributed by atoms with Gasteiger partial charge in [-0.15, -0.1) is 11.3 Å². The van der Waals surface area contributed by atoms with Crippen LogP contribution in [0.5, 0.6) is 0 Å². The summed E-state index contributed by atoms with van der Waals surface area (Å²) in [7, 11) is 0. The maximum atomic E-state index is 12.4. The van der Waals surface area contributed by atoms with Crippen molar-refractivity contribution in [2.75, 3.05) is 5.32 Å². The first kappa shape index (κ1) is 22.9. The Kier molecular flexibility index (Phi) is 10.0. The number of carbonyl (C=O) groups is 2. The average molecular weight is 407 g/mol. The fourth-order valence-corrected chi connectivity index (χ4v) is 5.65. The van der Waals surface area contributed by atoms with Crippen LogP contribution in [0.25, 0.3) is 0 Å². The molecule has 28 heavy (non-hydrogen) atoms. The van der Waals surface area contributed by atoms with E-state index in [4.69, 9.17) is 5.73 Å². The van der Waals surface area contributed by atoms with Gasteiger partial charge in [-0.05, 0) is 37.2 Å². The topological polar surface area (TPSA) is 72.2 Å². The number of unbranched alkanes of at least 4 members (excludes halogenated alkanes) is 7. The van der Waals surface area contributed by atoms with Gasteiger partial charge < -0.3 is 11.1 Å². The predicted octanol–water partition coefficient (Wildman–Crippen LogP) is 6.22. The average Bonchev–Trinajstić information content (AvgIpc) is 3.01. The quantitative estimate of drug-likeness (QED) is 0.382. The lowest BCUT2D eigenvalue weighted by atomic mass is 9.84. The van der Waals surface area contributed by atoms with Gasteiger partial charge in [0.25, 0.3) is 5.91 Å². The van der Waals surface area contributed by atoms with E-state index in [2.05, 4.69) is 19.2 Å². The predicted molar refractivity (Wildman–Crippen MR) is 119 cm³/mol. The Morgan fingerprint density at radius 3 is 2.36 bits per heavy atom. The molecule has 2 amide bonds. The van der Waals surface area contributed by atoms with Crippen LogP contribution in [-0.4, -0.2) is 11.8 Å². The fraction of sp³-hybridized carbons (Fsp3) is 0.739. The van der Waals surface area contributed by atoms with Crippen LogP contribution in [0.1, 0.15) is 112 Å². The lowest BCUT2D eigenvalue weighted by molar-refractivity contribution is -0.116. The lowest BCUT2D eigenvalue weighted by Gasteiger charge is -2.21. The summed E-state index contributed by atoms with van der Waals surface area (Å²) in [6.07, 6.45) is 15.7. The van der Waals surface area contributed by atoms with Crippen LogP contribution in [0.2, 0.25) is 0 Å². The molecule has 0 saturated heterocycles. The maximum Gasteiger partial charge on any atom is 0.251 e. The van der Waals surface area contributed by atoms with E-state index >= 15 is 0 Å². The summed E-state index contributed by atoms with van der Waals surface area (Å²) < 4.78 is 0. The van der Waals surface area contributed by atoms with Crippen molar-refractivity contribution in [1.82, 2.24) is 0 Å². The third-order valence-corrected chi connectivity index (χ3v) is 6.99. The number of hydrogen-bond acceptors (Lipinski definition) is 3. The SMILES string of the molecule is CCCCCCCCCCC(=O)Nc1sc2c(c1C(N)=O)CCC(CCC)C2. The molecule has 1 aliphatic rings. The van der Waals surface area contributed by atoms with Crippen LogP contribution in [0.15, 0.2) is 0 Å². The van der Waals surface area contributed by atoms with Gasteiger partial charge in [0.15, 0.2) is 0 Å². The summed E-state index contributed by atoms with van der Waals surface area (Å²) >= 11 is 1.57. The zero-order chi connectivity index (χ0) is 20.4. The minimum Gasteiger partial charge on any atom is -0.365 e. The molecule has 4 nitrogen and oxygen atoms in total. The van der Waals surface area contributed by atoms with Crippen molar-refractivity contribution in [1.29, 1.82) is 0 Å². The Balaban J connectivity index is 1.83. The molecule has 0 aliphatic heterocycles. The van der Waals surface area contributed by atoms with E-state index in [1.54, 1.807) is 11.3 Å². The van der Waals surface area contributed by atoms with Crippen molar-refractivity contribution in [3.8, 4) is 0 Å². The normalized spacial score (nSPS) is 16.0. The summed E-state index contributed by atoms with van der Waals surface area (Å²) in [6, 6.07) is 0. The number of anilines is 1. The van der Waals surface area contributed by atoms with E-state index in [1.165, 1.54) is 56.2 Å². The molecule has 2 rings (SSSR count). The Morgan fingerprint density at radius 2 is 1.71 bits per heavy atom. The van der Waals surface area contributed by atoms with Crippen LogP contribution in [0.3, 0.4) is 0 Å². The highest BCUT2D eigenvalue weighted by atomic mass is 32.1. The van der Waals surface area contributed by atoms with E-state index in [0.29, 0.717) is 22.9 Å². The highest BCUT2D eigenvalue weighted by Gasteiger charge is 2.28. The molecule has 5 heteroatoms. The number of nitrogens with two attached hydrogens (primary N) is 1. The van der Waals surface area contributed by atoms with E-state index in [1.807, 2.05) is 0 Å². The van der Waals surface area contributed by atoms with Crippen molar-refractivity contribution in [3.05, 3.63) is 16.0 Å². The van der Waals surface area contributed by atoms with E-state index in [-0.39, 0.29) is 5.91 Å². The molecule has 1 atom stereocenters. The summed E-state index contributed by atoms with van der Waals surface area (Å²) in [5.41, 5.74) is 7.32. The van der Waals surface area contributed by atoms with Crippen molar-refractivity contribution in [2.45, 2.75) is 104 Å². The first-order valence-electron chi connectivity index (χ1n) is 11.3. The molecule has 1 heterocycles. The van der Waals surface area contributed by atoms with Crippen molar-refractivity contribution >= 4 is 28.2 Å². The van der Waals surface area contributed by atoms with Gasteiger partial charge in [0.1, 0.15) is 5.00 Å². The monoisotopic (exact) mass is 406 g/mol. The van der Waals surface area contributed by atoms with Crippen LogP contribution in [0, 0.1) is 5.92 Å². The molecule has 3 N–H and O–H groups in total. The lowest BCUT2D eigenvalue weighted by Crippen LogP contribution is -2.19. The second-order valence-electron chi connectivity index (χ2n) is 8.24. The summed E-state index contributed by atoms with van der Waals surface area (Å²) in [4.78, 5) is 25.7. The molecule has 0 saturated carbocycles. The molecule has 158 valence electrons. The summed E-state index contributed by atoms with van der Waals surface area (Å²) in [5, 5.41) is 3.67. The van der Waals surface area contributed by atoms with Crippen LogP contribution < -0.4 is 11.1 Å². The van der Waals surface area contributed by atoms with Gasteiger partial charge in [0.2, 0.25) is 5.91 Å². The molecule has 0 bridgehead atoms. The highest BCUT2D eigenvalue weighted by Crippen LogP contribution is 2.40. The molecule has 1 aromatic rings. The van der Waals surface area contributed by atoms with Crippen molar-refractivity contribution in [2.24, 2.45) is 11.7 Å². The molecule has 0 radical (unpaired) electrons. The number of fused-ring (bicyclic) bond motifs is 1. The van der Waals surface area contributed by atoms with Crippen molar-refractivity contribution in [3.63, 3.8) is 0 Å². The van der Waals surface area contributed by atoms with Gasteiger partial charge in [0, 0.05) is 11.3 Å². The van der Waals surface area contributed by atoms with Gasteiger partial charge >= 0.3 is 0 Å². The highest BCUT2D eigenvalue weighted by molar-refractivity contribution is 7.17. The number of carbonyl (C=O) groups excluding carboxylic acids is 2. The number of rotatable bonds is 13. The molecule has 1 aliphatic carbocycles. The number of thiophene rings is 1.